The van der Waals surface area contributed by atoms with Crippen LogP contribution in [-0.2, 0) is 19.0 Å². The monoisotopic (exact) mass is 231 g/mol. The molecule has 0 aliphatic carbocycles. The summed E-state index contributed by atoms with van der Waals surface area (Å²) < 4.78 is 15.3. The Labute approximate surface area is 96.6 Å². The van der Waals surface area contributed by atoms with Gasteiger partial charge in [-0.3, -0.25) is 9.69 Å². The van der Waals surface area contributed by atoms with E-state index in [2.05, 4.69) is 9.64 Å². The zero-order valence-electron chi connectivity index (χ0n) is 10.4. The lowest BCUT2D eigenvalue weighted by Crippen LogP contribution is -2.34. The van der Waals surface area contributed by atoms with Gasteiger partial charge in [0, 0.05) is 33.4 Å². The topological polar surface area (TPSA) is 48.0 Å². The summed E-state index contributed by atoms with van der Waals surface area (Å²) in [7, 11) is 4.78. The Balaban J connectivity index is 2.47. The van der Waals surface area contributed by atoms with Crippen LogP contribution >= 0.6 is 0 Å². The van der Waals surface area contributed by atoms with Crippen molar-refractivity contribution in [1.82, 2.24) is 4.90 Å². The molecule has 1 rings (SSSR count). The van der Waals surface area contributed by atoms with E-state index in [1.165, 1.54) is 7.11 Å². The molecule has 3 unspecified atom stereocenters. The fourth-order valence-corrected chi connectivity index (χ4v) is 2.04. The number of nitrogens with zero attached hydrogens (tertiary/aromatic N) is 1. The molecule has 0 radical (unpaired) electrons. The molecule has 16 heavy (non-hydrogen) atoms. The first kappa shape index (κ1) is 13.4. The Hall–Kier alpha value is -0.650. The number of carbonyl (C=O) groups excluding carboxylic acids is 1. The van der Waals surface area contributed by atoms with Crippen molar-refractivity contribution >= 4 is 5.97 Å². The van der Waals surface area contributed by atoms with Gasteiger partial charge in [0.15, 0.2) is 0 Å². The smallest absolute Gasteiger partial charge is 0.307 e. The van der Waals surface area contributed by atoms with Crippen LogP contribution in [0.3, 0.4) is 0 Å². The van der Waals surface area contributed by atoms with Crippen LogP contribution in [0.2, 0.25) is 0 Å². The SMILES string of the molecule is COC(=O)CC(C)N1CC(OC)C(OC)C1. The lowest BCUT2D eigenvalue weighted by molar-refractivity contribution is -0.141. The number of hydrogen-bond donors (Lipinski definition) is 0. The summed E-state index contributed by atoms with van der Waals surface area (Å²) in [6.45, 7) is 3.61. The first-order chi connectivity index (χ1) is 7.62. The van der Waals surface area contributed by atoms with Crippen LogP contribution in [0.5, 0.6) is 0 Å². The first-order valence-corrected chi connectivity index (χ1v) is 5.48. The van der Waals surface area contributed by atoms with E-state index < -0.39 is 0 Å². The highest BCUT2D eigenvalue weighted by atomic mass is 16.5. The molecule has 1 aliphatic heterocycles. The molecule has 94 valence electrons. The molecule has 1 heterocycles. The van der Waals surface area contributed by atoms with Gasteiger partial charge in [0.25, 0.3) is 0 Å². The van der Waals surface area contributed by atoms with E-state index >= 15 is 0 Å². The van der Waals surface area contributed by atoms with Crippen molar-refractivity contribution in [1.29, 1.82) is 0 Å². The van der Waals surface area contributed by atoms with Gasteiger partial charge in [-0.05, 0) is 6.92 Å². The third-order valence-corrected chi connectivity index (χ3v) is 3.16. The Morgan fingerprint density at radius 3 is 2.12 bits per heavy atom. The fourth-order valence-electron chi connectivity index (χ4n) is 2.04. The second-order valence-electron chi connectivity index (χ2n) is 4.13. The van der Waals surface area contributed by atoms with E-state index in [1.807, 2.05) is 6.92 Å². The van der Waals surface area contributed by atoms with Gasteiger partial charge in [-0.25, -0.2) is 0 Å². The molecule has 0 spiro atoms. The summed E-state index contributed by atoms with van der Waals surface area (Å²) in [5, 5.41) is 0. The number of esters is 1. The van der Waals surface area contributed by atoms with Crippen LogP contribution in [0, 0.1) is 0 Å². The third kappa shape index (κ3) is 3.17. The van der Waals surface area contributed by atoms with Crippen LogP contribution in [0.1, 0.15) is 13.3 Å². The van der Waals surface area contributed by atoms with Crippen LogP contribution in [0.15, 0.2) is 0 Å². The molecule has 0 aromatic rings. The highest BCUT2D eigenvalue weighted by Gasteiger charge is 2.35. The summed E-state index contributed by atoms with van der Waals surface area (Å²) in [5.41, 5.74) is 0. The van der Waals surface area contributed by atoms with Crippen molar-refractivity contribution in [2.45, 2.75) is 31.6 Å². The van der Waals surface area contributed by atoms with Crippen LogP contribution in [-0.4, -0.2) is 63.5 Å². The second-order valence-corrected chi connectivity index (χ2v) is 4.13. The maximum Gasteiger partial charge on any atom is 0.307 e. The summed E-state index contributed by atoms with van der Waals surface area (Å²) >= 11 is 0. The number of likely N-dealkylation sites (tertiary alicyclic amines) is 1. The summed E-state index contributed by atoms with van der Waals surface area (Å²) in [6, 6.07) is 0.158. The van der Waals surface area contributed by atoms with Crippen molar-refractivity contribution in [3.8, 4) is 0 Å². The molecule has 5 nitrogen and oxygen atoms in total. The molecule has 0 amide bonds. The molecule has 0 aromatic carbocycles. The van der Waals surface area contributed by atoms with Gasteiger partial charge in [-0.1, -0.05) is 0 Å². The molecular weight excluding hydrogens is 210 g/mol. The van der Waals surface area contributed by atoms with Gasteiger partial charge >= 0.3 is 5.97 Å². The average molecular weight is 231 g/mol. The highest BCUT2D eigenvalue weighted by molar-refractivity contribution is 5.69. The van der Waals surface area contributed by atoms with Crippen LogP contribution in [0.4, 0.5) is 0 Å². The Bertz CT molecular complexity index is 222. The van der Waals surface area contributed by atoms with Crippen LogP contribution < -0.4 is 0 Å². The van der Waals surface area contributed by atoms with Gasteiger partial charge < -0.3 is 14.2 Å². The molecule has 3 atom stereocenters. The predicted octanol–water partition coefficient (Wildman–Crippen LogP) is 0.284. The van der Waals surface area contributed by atoms with Gasteiger partial charge in [0.2, 0.25) is 0 Å². The van der Waals surface area contributed by atoms with Gasteiger partial charge in [-0.2, -0.15) is 0 Å². The second kappa shape index (κ2) is 6.18. The van der Waals surface area contributed by atoms with Crippen molar-refractivity contribution in [3.63, 3.8) is 0 Å². The standard InChI is InChI=1S/C11H21NO4/c1-8(5-11(13)16-4)12-6-9(14-2)10(7-12)15-3/h8-10H,5-7H2,1-4H3. The lowest BCUT2D eigenvalue weighted by Gasteiger charge is -2.22. The molecule has 5 heteroatoms. The lowest BCUT2D eigenvalue weighted by atomic mass is 10.2. The molecular formula is C11H21NO4. The number of carbonyl (C=O) groups is 1. The number of hydrogen-bond acceptors (Lipinski definition) is 5. The van der Waals surface area contributed by atoms with E-state index in [0.717, 1.165) is 13.1 Å². The maximum atomic E-state index is 11.2. The minimum atomic E-state index is -0.178. The summed E-state index contributed by atoms with van der Waals surface area (Å²) in [4.78, 5) is 13.4. The molecule has 1 saturated heterocycles. The van der Waals surface area contributed by atoms with Crippen molar-refractivity contribution in [3.05, 3.63) is 0 Å². The fraction of sp³-hybridized carbons (Fsp3) is 0.909. The van der Waals surface area contributed by atoms with E-state index in [9.17, 15) is 4.79 Å². The molecule has 0 bridgehead atoms. The predicted molar refractivity (Wildman–Crippen MR) is 59.3 cm³/mol. The van der Waals surface area contributed by atoms with Gasteiger partial charge in [0.1, 0.15) is 0 Å². The zero-order chi connectivity index (χ0) is 12.1. The Kier molecular flexibility index (Phi) is 5.18. The Morgan fingerprint density at radius 1 is 1.25 bits per heavy atom. The van der Waals surface area contributed by atoms with Crippen molar-refractivity contribution in [2.75, 3.05) is 34.4 Å². The summed E-state index contributed by atoms with van der Waals surface area (Å²) in [6.07, 6.45) is 0.582. The van der Waals surface area contributed by atoms with E-state index in [4.69, 9.17) is 9.47 Å². The molecule has 0 N–H and O–H groups in total. The maximum absolute atomic E-state index is 11.2. The quantitative estimate of drug-likeness (QED) is 0.636. The largest absolute Gasteiger partial charge is 0.469 e. The summed E-state index contributed by atoms with van der Waals surface area (Å²) in [5.74, 6) is -0.178. The molecule has 1 fully saturated rings. The van der Waals surface area contributed by atoms with E-state index in [1.54, 1.807) is 14.2 Å². The molecule has 0 saturated carbocycles. The van der Waals surface area contributed by atoms with Gasteiger partial charge in [-0.15, -0.1) is 0 Å². The van der Waals surface area contributed by atoms with Gasteiger partial charge in [0.05, 0.1) is 25.7 Å². The van der Waals surface area contributed by atoms with Crippen LogP contribution in [0.25, 0.3) is 0 Å². The Morgan fingerprint density at radius 2 is 1.75 bits per heavy atom. The highest BCUT2D eigenvalue weighted by Crippen LogP contribution is 2.19. The molecule has 0 aromatic heterocycles. The normalized spacial score (nSPS) is 28.0. The van der Waals surface area contributed by atoms with Crippen molar-refractivity contribution in [2.24, 2.45) is 0 Å². The minimum Gasteiger partial charge on any atom is -0.469 e. The van der Waals surface area contributed by atoms with Crippen molar-refractivity contribution < 1.29 is 19.0 Å². The number of ether oxygens (including phenoxy) is 3. The number of rotatable bonds is 5. The molecule has 1 aliphatic rings. The van der Waals surface area contributed by atoms with E-state index in [-0.39, 0.29) is 24.2 Å². The zero-order valence-corrected chi connectivity index (χ0v) is 10.4. The third-order valence-electron chi connectivity index (χ3n) is 3.16. The van der Waals surface area contributed by atoms with E-state index in [0.29, 0.717) is 6.42 Å². The average Bonchev–Trinajstić information content (AvgIpc) is 2.71. The minimum absolute atomic E-state index is 0.0881. The first-order valence-electron chi connectivity index (χ1n) is 5.48. The number of methoxy groups -OCH3 is 3.